The Morgan fingerprint density at radius 2 is 2.20 bits per heavy atom. The molecule has 0 fully saturated rings. The number of benzene rings is 1. The second-order valence-electron chi connectivity index (χ2n) is 3.57. The van der Waals surface area contributed by atoms with Crippen LogP contribution in [0.15, 0.2) is 18.2 Å². The van der Waals surface area contributed by atoms with Gasteiger partial charge in [-0.3, -0.25) is 0 Å². The smallest absolute Gasteiger partial charge is 0.168 e. The Morgan fingerprint density at radius 1 is 1.47 bits per heavy atom. The largest absolute Gasteiger partial charge is 0.494 e. The van der Waals surface area contributed by atoms with Crippen LogP contribution in [-0.4, -0.2) is 12.4 Å². The molecule has 15 heavy (non-hydrogen) atoms. The number of hydrogen-bond acceptors (Lipinski definition) is 1. The molecule has 0 spiro atoms. The SMILES string of the molecule is CCC(CBr)Cc1cccc(OC)c1F. The number of ether oxygens (including phenoxy) is 1. The summed E-state index contributed by atoms with van der Waals surface area (Å²) in [6.45, 7) is 2.12. The van der Waals surface area contributed by atoms with Crippen LogP contribution in [0.3, 0.4) is 0 Å². The van der Waals surface area contributed by atoms with Gasteiger partial charge >= 0.3 is 0 Å². The number of rotatable bonds is 5. The van der Waals surface area contributed by atoms with Crippen molar-refractivity contribution in [1.29, 1.82) is 0 Å². The molecule has 1 aromatic rings. The fraction of sp³-hybridized carbons (Fsp3) is 0.500. The minimum atomic E-state index is -0.223. The minimum absolute atomic E-state index is 0.223. The van der Waals surface area contributed by atoms with Crippen LogP contribution in [0.25, 0.3) is 0 Å². The molecular formula is C12H16BrFO. The molecule has 0 radical (unpaired) electrons. The van der Waals surface area contributed by atoms with E-state index in [-0.39, 0.29) is 5.82 Å². The number of hydrogen-bond donors (Lipinski definition) is 0. The highest BCUT2D eigenvalue weighted by Crippen LogP contribution is 2.23. The maximum atomic E-state index is 13.8. The molecule has 84 valence electrons. The summed E-state index contributed by atoms with van der Waals surface area (Å²) in [5, 5.41) is 0.903. The van der Waals surface area contributed by atoms with Gasteiger partial charge in [-0.25, -0.2) is 4.39 Å². The lowest BCUT2D eigenvalue weighted by atomic mass is 9.98. The highest BCUT2D eigenvalue weighted by Gasteiger charge is 2.12. The predicted octanol–water partition coefficient (Wildman–Crippen LogP) is 3.80. The summed E-state index contributed by atoms with van der Waals surface area (Å²) in [5.41, 5.74) is 0.737. The molecular weight excluding hydrogens is 259 g/mol. The molecule has 0 saturated heterocycles. The van der Waals surface area contributed by atoms with Crippen LogP contribution in [0.5, 0.6) is 5.75 Å². The third kappa shape index (κ3) is 3.20. The van der Waals surface area contributed by atoms with Crippen LogP contribution >= 0.6 is 15.9 Å². The van der Waals surface area contributed by atoms with Gasteiger partial charge in [-0.1, -0.05) is 41.4 Å². The van der Waals surface area contributed by atoms with Crippen molar-refractivity contribution in [2.24, 2.45) is 5.92 Å². The van der Waals surface area contributed by atoms with Crippen molar-refractivity contribution in [1.82, 2.24) is 0 Å². The topological polar surface area (TPSA) is 9.23 Å². The van der Waals surface area contributed by atoms with E-state index in [0.29, 0.717) is 11.7 Å². The first-order valence-corrected chi connectivity index (χ1v) is 6.22. The average molecular weight is 275 g/mol. The molecule has 0 heterocycles. The third-order valence-corrected chi connectivity index (χ3v) is 3.48. The average Bonchev–Trinajstić information content (AvgIpc) is 2.28. The van der Waals surface area contributed by atoms with Gasteiger partial charge in [0.25, 0.3) is 0 Å². The summed E-state index contributed by atoms with van der Waals surface area (Å²) < 4.78 is 18.7. The van der Waals surface area contributed by atoms with Gasteiger partial charge in [0.05, 0.1) is 7.11 Å². The Hall–Kier alpha value is -0.570. The first-order chi connectivity index (χ1) is 7.22. The Labute approximate surface area is 98.8 Å². The van der Waals surface area contributed by atoms with Crippen molar-refractivity contribution in [3.63, 3.8) is 0 Å². The fourth-order valence-electron chi connectivity index (χ4n) is 1.49. The van der Waals surface area contributed by atoms with E-state index in [1.807, 2.05) is 12.1 Å². The predicted molar refractivity (Wildman–Crippen MR) is 64.2 cm³/mol. The van der Waals surface area contributed by atoms with Gasteiger partial charge in [-0.15, -0.1) is 0 Å². The van der Waals surface area contributed by atoms with E-state index in [0.717, 1.165) is 23.7 Å². The van der Waals surface area contributed by atoms with Gasteiger partial charge in [0.1, 0.15) is 0 Å². The lowest BCUT2D eigenvalue weighted by Gasteiger charge is -2.13. The standard InChI is InChI=1S/C12H16BrFO/c1-3-9(8-13)7-10-5-4-6-11(15-2)12(10)14/h4-6,9H,3,7-8H2,1-2H3. The lowest BCUT2D eigenvalue weighted by Crippen LogP contribution is -2.06. The Bertz CT molecular complexity index is 310. The molecule has 1 nitrogen and oxygen atoms in total. The molecule has 0 amide bonds. The highest BCUT2D eigenvalue weighted by atomic mass is 79.9. The van der Waals surface area contributed by atoms with Crippen molar-refractivity contribution in [2.45, 2.75) is 19.8 Å². The van der Waals surface area contributed by atoms with Crippen LogP contribution in [0.2, 0.25) is 0 Å². The molecule has 0 aliphatic heterocycles. The van der Waals surface area contributed by atoms with Crippen molar-refractivity contribution >= 4 is 15.9 Å². The summed E-state index contributed by atoms with van der Waals surface area (Å²) in [6, 6.07) is 5.30. The molecule has 0 N–H and O–H groups in total. The molecule has 1 aromatic carbocycles. The van der Waals surface area contributed by atoms with Gasteiger partial charge in [0, 0.05) is 5.33 Å². The highest BCUT2D eigenvalue weighted by molar-refractivity contribution is 9.09. The maximum Gasteiger partial charge on any atom is 0.168 e. The molecule has 0 saturated carbocycles. The second kappa shape index (κ2) is 6.11. The normalized spacial score (nSPS) is 12.5. The van der Waals surface area contributed by atoms with Crippen LogP contribution in [0.4, 0.5) is 4.39 Å². The van der Waals surface area contributed by atoms with Gasteiger partial charge in [0.15, 0.2) is 11.6 Å². The Morgan fingerprint density at radius 3 is 2.73 bits per heavy atom. The quantitative estimate of drug-likeness (QED) is 0.743. The zero-order valence-electron chi connectivity index (χ0n) is 9.09. The van der Waals surface area contributed by atoms with E-state index in [2.05, 4.69) is 22.9 Å². The van der Waals surface area contributed by atoms with Crippen LogP contribution in [0, 0.1) is 11.7 Å². The summed E-state index contributed by atoms with van der Waals surface area (Å²) in [7, 11) is 1.49. The Balaban J connectivity index is 2.85. The molecule has 1 unspecified atom stereocenters. The molecule has 1 atom stereocenters. The van der Waals surface area contributed by atoms with E-state index in [9.17, 15) is 4.39 Å². The van der Waals surface area contributed by atoms with Gasteiger partial charge in [0.2, 0.25) is 0 Å². The van der Waals surface area contributed by atoms with Crippen LogP contribution in [-0.2, 0) is 6.42 Å². The first-order valence-electron chi connectivity index (χ1n) is 5.10. The second-order valence-corrected chi connectivity index (χ2v) is 4.21. The molecule has 0 aliphatic rings. The van der Waals surface area contributed by atoms with Crippen LogP contribution < -0.4 is 4.74 Å². The summed E-state index contributed by atoms with van der Waals surface area (Å²) in [4.78, 5) is 0. The zero-order valence-corrected chi connectivity index (χ0v) is 10.7. The molecule has 3 heteroatoms. The number of methoxy groups -OCH3 is 1. The van der Waals surface area contributed by atoms with E-state index in [4.69, 9.17) is 4.74 Å². The monoisotopic (exact) mass is 274 g/mol. The van der Waals surface area contributed by atoms with E-state index in [1.54, 1.807) is 6.07 Å². The lowest BCUT2D eigenvalue weighted by molar-refractivity contribution is 0.382. The van der Waals surface area contributed by atoms with Crippen LogP contribution in [0.1, 0.15) is 18.9 Å². The van der Waals surface area contributed by atoms with E-state index >= 15 is 0 Å². The summed E-state index contributed by atoms with van der Waals surface area (Å²) >= 11 is 3.44. The minimum Gasteiger partial charge on any atom is -0.494 e. The van der Waals surface area contributed by atoms with Gasteiger partial charge < -0.3 is 4.74 Å². The van der Waals surface area contributed by atoms with E-state index in [1.165, 1.54) is 7.11 Å². The molecule has 0 aliphatic carbocycles. The van der Waals surface area contributed by atoms with Crippen molar-refractivity contribution in [3.8, 4) is 5.75 Å². The number of alkyl halides is 1. The van der Waals surface area contributed by atoms with E-state index < -0.39 is 0 Å². The fourth-order valence-corrected chi connectivity index (χ4v) is 2.18. The van der Waals surface area contributed by atoms with Crippen molar-refractivity contribution < 1.29 is 9.13 Å². The first kappa shape index (κ1) is 12.5. The maximum absolute atomic E-state index is 13.8. The van der Waals surface area contributed by atoms with Gasteiger partial charge in [-0.05, 0) is 24.0 Å². The number of halogens is 2. The zero-order chi connectivity index (χ0) is 11.3. The van der Waals surface area contributed by atoms with Gasteiger partial charge in [-0.2, -0.15) is 0 Å². The summed E-state index contributed by atoms with van der Waals surface area (Å²) in [5.74, 6) is 0.586. The third-order valence-electron chi connectivity index (χ3n) is 2.57. The molecule has 0 aromatic heterocycles. The molecule has 0 bridgehead atoms. The van der Waals surface area contributed by atoms with Crippen molar-refractivity contribution in [3.05, 3.63) is 29.6 Å². The summed E-state index contributed by atoms with van der Waals surface area (Å²) in [6.07, 6.45) is 1.80. The van der Waals surface area contributed by atoms with Crippen molar-refractivity contribution in [2.75, 3.05) is 12.4 Å². The molecule has 1 rings (SSSR count). The Kier molecular flexibility index (Phi) is 5.09.